The fourth-order valence-corrected chi connectivity index (χ4v) is 3.46. The summed E-state index contributed by atoms with van der Waals surface area (Å²) in [4.78, 5) is -0.129. The Morgan fingerprint density at radius 1 is 1.07 bits per heavy atom. The van der Waals surface area contributed by atoms with Crippen molar-refractivity contribution in [2.75, 3.05) is 26.9 Å². The molecule has 0 aliphatic rings. The van der Waals surface area contributed by atoms with Crippen molar-refractivity contribution in [3.63, 3.8) is 0 Å². The number of nitrogens with zero attached hydrogens (tertiary/aromatic N) is 1. The van der Waals surface area contributed by atoms with Crippen LogP contribution >= 0.6 is 0 Å². The number of benzene rings is 2. The summed E-state index contributed by atoms with van der Waals surface area (Å²) in [5, 5.41) is 11.9. The Hall–Kier alpha value is -1.03. The van der Waals surface area contributed by atoms with Crippen molar-refractivity contribution in [3.05, 3.63) is 58.5 Å². The van der Waals surface area contributed by atoms with Crippen molar-refractivity contribution in [2.24, 2.45) is 0 Å². The molecule has 2 aromatic carbocycles. The van der Waals surface area contributed by atoms with Gasteiger partial charge in [-0.25, -0.2) is 8.42 Å². The fourth-order valence-electron chi connectivity index (χ4n) is 2.74. The van der Waals surface area contributed by atoms with E-state index in [0.717, 1.165) is 5.56 Å². The molecule has 0 bridgehead atoms. The van der Waals surface area contributed by atoms with E-state index in [9.17, 15) is 8.42 Å². The summed E-state index contributed by atoms with van der Waals surface area (Å²) >= 11 is 0. The van der Waals surface area contributed by atoms with Crippen molar-refractivity contribution in [2.45, 2.75) is 31.2 Å². The second-order valence-electron chi connectivity index (χ2n) is 6.18. The van der Waals surface area contributed by atoms with Gasteiger partial charge in [-0.05, 0) is 43.2 Å². The van der Waals surface area contributed by atoms with Gasteiger partial charge in [-0.15, -0.1) is 12.6 Å². The van der Waals surface area contributed by atoms with E-state index in [1.54, 1.807) is 12.1 Å². The molecule has 29 heavy (non-hydrogen) atoms. The van der Waals surface area contributed by atoms with Gasteiger partial charge in [-0.1, -0.05) is 25.1 Å². The van der Waals surface area contributed by atoms with Crippen LogP contribution in [0.15, 0.2) is 47.4 Å². The molecule has 0 aliphatic heterocycles. The van der Waals surface area contributed by atoms with Crippen LogP contribution in [-0.4, -0.2) is 79.1 Å². The summed E-state index contributed by atoms with van der Waals surface area (Å²) in [7, 11) is -2.72. The first-order valence-electron chi connectivity index (χ1n) is 9.03. The Labute approximate surface area is 203 Å². The van der Waals surface area contributed by atoms with Crippen molar-refractivity contribution in [3.8, 4) is 17.2 Å². The smallest absolute Gasteiger partial charge is 0.657 e. The molecule has 9 heteroatoms. The van der Waals surface area contributed by atoms with Crippen LogP contribution in [0.25, 0.3) is 10.5 Å². The zero-order chi connectivity index (χ0) is 20.6. The second-order valence-corrected chi connectivity index (χ2v) is 7.62. The number of hydrogen-bond donors (Lipinski definition) is 0. The predicted octanol–water partition coefficient (Wildman–Crippen LogP) is 3.84. The van der Waals surface area contributed by atoms with E-state index in [4.69, 9.17) is 19.3 Å². The zero-order valence-corrected chi connectivity index (χ0v) is 20.1. The maximum absolute atomic E-state index is 11.6. The summed E-state index contributed by atoms with van der Waals surface area (Å²) in [5.41, 5.74) is 0.783. The van der Waals surface area contributed by atoms with Crippen LogP contribution < -0.4 is 14.2 Å². The Balaban J connectivity index is 0.00000420. The molecule has 0 spiro atoms. The van der Waals surface area contributed by atoms with Crippen molar-refractivity contribution in [1.82, 2.24) is 0 Å². The van der Waals surface area contributed by atoms with Gasteiger partial charge in [0.1, 0.15) is 15.8 Å². The van der Waals surface area contributed by atoms with Gasteiger partial charge in [0.25, 0.3) is 0 Å². The van der Waals surface area contributed by atoms with Gasteiger partial charge in [-0.3, -0.25) is 0 Å². The van der Waals surface area contributed by atoms with Gasteiger partial charge in [0.15, 0.2) is 11.5 Å². The van der Waals surface area contributed by atoms with E-state index in [1.807, 2.05) is 38.1 Å². The van der Waals surface area contributed by atoms with Crippen LogP contribution in [0, 0.1) is 0 Å². The normalized spacial score (nSPS) is 12.0. The van der Waals surface area contributed by atoms with E-state index in [2.05, 4.69) is 5.32 Å². The Morgan fingerprint density at radius 2 is 1.72 bits per heavy atom. The predicted molar refractivity (Wildman–Crippen MR) is 115 cm³/mol. The van der Waals surface area contributed by atoms with Gasteiger partial charge >= 0.3 is 37.7 Å². The van der Waals surface area contributed by atoms with Gasteiger partial charge in [-0.2, -0.15) is 0 Å². The molecule has 154 valence electrons. The number of rotatable bonds is 11. The third-order valence-corrected chi connectivity index (χ3v) is 4.89. The van der Waals surface area contributed by atoms with Crippen LogP contribution in [0.1, 0.15) is 19.4 Å². The van der Waals surface area contributed by atoms with Crippen molar-refractivity contribution < 1.29 is 22.6 Å². The Bertz CT molecular complexity index is 877. The van der Waals surface area contributed by atoms with Crippen LogP contribution in [0.4, 0.5) is 0 Å². The maximum Gasteiger partial charge on any atom is 2.00 e. The maximum atomic E-state index is 11.6. The summed E-state index contributed by atoms with van der Waals surface area (Å²) in [5.74, 6) is 1.57. The van der Waals surface area contributed by atoms with E-state index in [1.165, 1.54) is 13.2 Å². The Kier molecular flexibility index (Phi) is 11.3. The molecule has 7 nitrogen and oxygen atoms in total. The largest absolute Gasteiger partial charge is 2.00 e. The third-order valence-electron chi connectivity index (χ3n) is 3.99. The van der Waals surface area contributed by atoms with Gasteiger partial charge in [0, 0.05) is 0 Å². The molecule has 2 rings (SSSR count). The molecule has 0 amide bonds. The van der Waals surface area contributed by atoms with Crippen LogP contribution in [-0.2, 0) is 16.4 Å². The number of para-hydroxylation sites is 2. The first kappa shape index (κ1) is 26.0. The topological polar surface area (TPSA) is 99.7 Å². The first-order chi connectivity index (χ1) is 13.3. The van der Waals surface area contributed by atoms with Crippen LogP contribution in [0.3, 0.4) is 0 Å². The molecule has 0 saturated heterocycles. The molecule has 0 radical (unpaired) electrons. The molecule has 0 aromatic heterocycles. The number of hydrogen-bond acceptors (Lipinski definition) is 5. The number of sulfonamides is 1. The molecule has 0 fully saturated rings. The number of nitrogens with one attached hydrogen (secondary N) is 1. The quantitative estimate of drug-likeness (QED) is 0.386. The fraction of sp³-hybridized carbons (Fsp3) is 0.400. The molecule has 0 saturated carbocycles. The van der Waals surface area contributed by atoms with E-state index >= 15 is 0 Å². The molecular weight excluding hydrogens is 420 g/mol. The number of ether oxygens (including phenoxy) is 3. The molecule has 0 aliphatic carbocycles. The van der Waals surface area contributed by atoms with Crippen molar-refractivity contribution >= 4 is 47.8 Å². The summed E-state index contributed by atoms with van der Waals surface area (Å²) in [6, 6.07) is 12.3. The zero-order valence-electron chi connectivity index (χ0n) is 17.1. The average molecular weight is 447 g/mol. The molecule has 1 atom stereocenters. The first-order valence-corrected chi connectivity index (χ1v) is 10.5. The van der Waals surface area contributed by atoms with E-state index in [-0.39, 0.29) is 54.4 Å². The molecule has 0 unspecified atom stereocenters. The van der Waals surface area contributed by atoms with Gasteiger partial charge < -0.3 is 24.7 Å². The van der Waals surface area contributed by atoms with E-state index in [0.29, 0.717) is 37.7 Å². The van der Waals surface area contributed by atoms with Gasteiger partial charge in [0.2, 0.25) is 0 Å². The summed E-state index contributed by atoms with van der Waals surface area (Å²) < 4.78 is 39.5. The molecular formula is C20H26CaN2O5S. The standard InChI is InChI=1S/C20H26N2O5S.Ca/c1-4-26-17-7-5-6-8-18(17)27-12-11-22-15(2)13-16-9-10-19(25-3)20(14-16)28(21,23)24;/h5-10,14-15H,4,11-13H2,1-3H3,(H-,21,23,24);/q-2;+2/t15-;/m1./s1. The Morgan fingerprint density at radius 3 is 2.31 bits per heavy atom. The van der Waals surface area contributed by atoms with Crippen LogP contribution in [0.5, 0.6) is 17.2 Å². The van der Waals surface area contributed by atoms with E-state index < -0.39 is 10.0 Å². The molecule has 2 aromatic rings. The molecule has 1 N–H and O–H groups in total. The molecule has 0 heterocycles. The summed E-state index contributed by atoms with van der Waals surface area (Å²) in [6.07, 6.45) is 0.558. The summed E-state index contributed by atoms with van der Waals surface area (Å²) in [6.45, 7) is 5.36. The van der Waals surface area contributed by atoms with Gasteiger partial charge in [0.05, 0.1) is 25.2 Å². The minimum atomic E-state index is -4.10. The van der Waals surface area contributed by atoms with Crippen LogP contribution in [0.2, 0.25) is 0 Å². The third kappa shape index (κ3) is 8.32. The second kappa shape index (κ2) is 12.6. The SMILES string of the molecule is CCOc1ccccc1OCC[N-][C@H](C)Cc1ccc(OC)c(S([NH-])(=O)=O)c1.[Ca+2]. The number of methoxy groups -OCH3 is 1. The van der Waals surface area contributed by atoms with Crippen molar-refractivity contribution in [1.29, 1.82) is 0 Å². The minimum absolute atomic E-state index is 0. The minimum Gasteiger partial charge on any atom is -0.657 e. The average Bonchev–Trinajstić information content (AvgIpc) is 2.66. The monoisotopic (exact) mass is 446 g/mol.